The first-order valence-electron chi connectivity index (χ1n) is 11.0. The summed E-state index contributed by atoms with van der Waals surface area (Å²) in [5.74, 6) is -0.269. The van der Waals surface area contributed by atoms with E-state index in [-0.39, 0.29) is 35.9 Å². The number of aromatic nitrogens is 2. The van der Waals surface area contributed by atoms with Crippen LogP contribution in [0.15, 0.2) is 42.7 Å². The summed E-state index contributed by atoms with van der Waals surface area (Å²) in [6.07, 6.45) is 7.48. The van der Waals surface area contributed by atoms with Crippen LogP contribution in [-0.2, 0) is 26.0 Å². The number of hydrogen-bond donors (Lipinski definition) is 2. The van der Waals surface area contributed by atoms with Crippen LogP contribution in [0.3, 0.4) is 0 Å². The molecule has 1 aliphatic carbocycles. The van der Waals surface area contributed by atoms with E-state index in [4.69, 9.17) is 0 Å². The number of sulfone groups is 1. The second-order valence-corrected chi connectivity index (χ2v) is 10.8. The van der Waals surface area contributed by atoms with Gasteiger partial charge in [-0.3, -0.25) is 19.2 Å². The maximum Gasteiger partial charge on any atom is 0.246 e. The molecule has 2 aliphatic rings. The number of amides is 2. The first-order valence-corrected chi connectivity index (χ1v) is 12.8. The molecule has 2 amide bonds. The van der Waals surface area contributed by atoms with E-state index in [2.05, 4.69) is 15.7 Å². The summed E-state index contributed by atoms with van der Waals surface area (Å²) < 4.78 is 25.2. The zero-order chi connectivity index (χ0) is 22.6. The number of benzene rings is 1. The predicted molar refractivity (Wildman–Crippen MR) is 121 cm³/mol. The number of rotatable bonds is 7. The number of carbonyl (C=O) groups excluding carboxylic acids is 2. The second kappa shape index (κ2) is 9.83. The highest BCUT2D eigenvalue weighted by molar-refractivity contribution is 7.91. The quantitative estimate of drug-likeness (QED) is 0.646. The Hall–Kier alpha value is -2.72. The summed E-state index contributed by atoms with van der Waals surface area (Å²) in [5.41, 5.74) is 1.29. The van der Waals surface area contributed by atoms with Gasteiger partial charge in [0.25, 0.3) is 0 Å². The molecule has 4 rings (SSSR count). The third-order valence-electron chi connectivity index (χ3n) is 6.03. The van der Waals surface area contributed by atoms with Gasteiger partial charge in [-0.1, -0.05) is 43.2 Å². The fraction of sp³-hybridized carbons (Fsp3) is 0.500. The predicted octanol–water partition coefficient (Wildman–Crippen LogP) is 1.35. The molecule has 1 aliphatic heterocycles. The van der Waals surface area contributed by atoms with E-state index < -0.39 is 15.9 Å². The highest BCUT2D eigenvalue weighted by Gasteiger charge is 2.32. The van der Waals surface area contributed by atoms with Crippen molar-refractivity contribution in [3.8, 4) is 0 Å². The fourth-order valence-electron chi connectivity index (χ4n) is 4.36. The Morgan fingerprint density at radius 1 is 1.09 bits per heavy atom. The largest absolute Gasteiger partial charge is 0.352 e. The molecule has 1 saturated heterocycles. The lowest BCUT2D eigenvalue weighted by molar-refractivity contribution is -0.122. The van der Waals surface area contributed by atoms with Gasteiger partial charge in [-0.05, 0) is 18.4 Å². The van der Waals surface area contributed by atoms with Crippen molar-refractivity contribution in [1.29, 1.82) is 0 Å². The van der Waals surface area contributed by atoms with Crippen molar-refractivity contribution in [2.24, 2.45) is 0 Å². The Balaban J connectivity index is 1.41. The molecule has 1 saturated carbocycles. The topological polar surface area (TPSA) is 113 Å². The van der Waals surface area contributed by atoms with E-state index in [9.17, 15) is 18.0 Å². The van der Waals surface area contributed by atoms with Crippen LogP contribution in [0.4, 0.5) is 5.69 Å². The summed E-state index contributed by atoms with van der Waals surface area (Å²) in [6, 6.07) is 8.96. The van der Waals surface area contributed by atoms with Gasteiger partial charge in [-0.15, -0.1) is 0 Å². The first-order chi connectivity index (χ1) is 15.4. The SMILES string of the molecule is O=C(Cn1cc(NC(=O)C(c2ccccc2)N2CCS(=O)(=O)CC2)cn1)NC1CCCC1. The maximum absolute atomic E-state index is 13.2. The van der Waals surface area contributed by atoms with E-state index in [1.54, 1.807) is 6.20 Å². The van der Waals surface area contributed by atoms with E-state index in [1.807, 2.05) is 35.2 Å². The van der Waals surface area contributed by atoms with Crippen molar-refractivity contribution in [3.05, 3.63) is 48.3 Å². The van der Waals surface area contributed by atoms with Crippen LogP contribution in [-0.4, -0.2) is 65.5 Å². The average Bonchev–Trinajstić information content (AvgIpc) is 3.42. The van der Waals surface area contributed by atoms with Crippen LogP contribution in [0.5, 0.6) is 0 Å². The Bertz CT molecular complexity index is 1030. The molecule has 0 bridgehead atoms. The molecule has 1 atom stereocenters. The monoisotopic (exact) mass is 459 g/mol. The summed E-state index contributed by atoms with van der Waals surface area (Å²) in [4.78, 5) is 27.3. The molecule has 2 N–H and O–H groups in total. The zero-order valence-electron chi connectivity index (χ0n) is 17.9. The minimum Gasteiger partial charge on any atom is -0.352 e. The molecule has 2 aromatic rings. The number of nitrogens with one attached hydrogen (secondary N) is 2. The molecule has 1 unspecified atom stereocenters. The van der Waals surface area contributed by atoms with Gasteiger partial charge in [0.15, 0.2) is 9.84 Å². The maximum atomic E-state index is 13.2. The molecule has 2 fully saturated rings. The smallest absolute Gasteiger partial charge is 0.246 e. The third-order valence-corrected chi connectivity index (χ3v) is 7.64. The summed E-state index contributed by atoms with van der Waals surface area (Å²) >= 11 is 0. The molecule has 0 spiro atoms. The van der Waals surface area contributed by atoms with Gasteiger partial charge in [0.2, 0.25) is 11.8 Å². The van der Waals surface area contributed by atoms with E-state index in [1.165, 1.54) is 10.9 Å². The Kier molecular flexibility index (Phi) is 6.90. The van der Waals surface area contributed by atoms with Crippen molar-refractivity contribution < 1.29 is 18.0 Å². The van der Waals surface area contributed by atoms with Crippen molar-refractivity contribution in [1.82, 2.24) is 20.0 Å². The summed E-state index contributed by atoms with van der Waals surface area (Å²) in [7, 11) is -3.06. The number of hydrogen-bond acceptors (Lipinski definition) is 6. The van der Waals surface area contributed by atoms with Crippen molar-refractivity contribution in [2.75, 3.05) is 29.9 Å². The zero-order valence-corrected chi connectivity index (χ0v) is 18.8. The summed E-state index contributed by atoms with van der Waals surface area (Å²) in [5, 5.41) is 10.1. The number of nitrogens with zero attached hydrogens (tertiary/aromatic N) is 3. The van der Waals surface area contributed by atoms with E-state index in [0.29, 0.717) is 18.8 Å². The molecular weight excluding hydrogens is 430 g/mol. The van der Waals surface area contributed by atoms with Gasteiger partial charge in [-0.2, -0.15) is 5.10 Å². The van der Waals surface area contributed by atoms with Crippen LogP contribution in [0.25, 0.3) is 0 Å². The molecule has 1 aromatic carbocycles. The van der Waals surface area contributed by atoms with Crippen LogP contribution in [0, 0.1) is 0 Å². The molecule has 1 aromatic heterocycles. The third kappa shape index (κ3) is 5.74. The van der Waals surface area contributed by atoms with Crippen molar-refractivity contribution in [2.45, 2.75) is 44.3 Å². The van der Waals surface area contributed by atoms with Gasteiger partial charge in [0.1, 0.15) is 12.6 Å². The lowest BCUT2D eigenvalue weighted by atomic mass is 10.0. The average molecular weight is 460 g/mol. The molecule has 2 heterocycles. The Morgan fingerprint density at radius 3 is 2.47 bits per heavy atom. The van der Waals surface area contributed by atoms with Crippen molar-refractivity contribution >= 4 is 27.3 Å². The standard InChI is InChI=1S/C22H29N5O4S/c28-20(24-18-8-4-5-9-18)16-27-15-19(14-23-27)25-22(29)21(17-6-2-1-3-7-17)26-10-12-32(30,31)13-11-26/h1-3,6-7,14-15,18,21H,4-5,8-13,16H2,(H,24,28)(H,25,29). The van der Waals surface area contributed by atoms with Crippen LogP contribution in [0.2, 0.25) is 0 Å². The Morgan fingerprint density at radius 2 is 1.78 bits per heavy atom. The molecular formula is C22H29N5O4S. The minimum atomic E-state index is -3.06. The molecule has 0 radical (unpaired) electrons. The lowest BCUT2D eigenvalue weighted by Crippen LogP contribution is -2.46. The van der Waals surface area contributed by atoms with Crippen molar-refractivity contribution in [3.63, 3.8) is 0 Å². The van der Waals surface area contributed by atoms with Gasteiger partial charge in [0.05, 0.1) is 23.4 Å². The second-order valence-electron chi connectivity index (χ2n) is 8.47. The normalized spacial score (nSPS) is 20.0. The number of anilines is 1. The molecule has 172 valence electrons. The number of carbonyl (C=O) groups is 2. The molecule has 10 heteroatoms. The van der Waals surface area contributed by atoms with Gasteiger partial charge in [-0.25, -0.2) is 8.42 Å². The van der Waals surface area contributed by atoms with Gasteiger partial charge in [0, 0.05) is 25.3 Å². The first kappa shape index (κ1) is 22.5. The fourth-order valence-corrected chi connectivity index (χ4v) is 5.59. The summed E-state index contributed by atoms with van der Waals surface area (Å²) in [6.45, 7) is 0.699. The van der Waals surface area contributed by atoms with Crippen LogP contribution >= 0.6 is 0 Å². The van der Waals surface area contributed by atoms with Gasteiger partial charge >= 0.3 is 0 Å². The van der Waals surface area contributed by atoms with Crippen LogP contribution in [0.1, 0.15) is 37.3 Å². The van der Waals surface area contributed by atoms with E-state index in [0.717, 1.165) is 31.2 Å². The highest BCUT2D eigenvalue weighted by Crippen LogP contribution is 2.25. The molecule has 9 nitrogen and oxygen atoms in total. The molecule has 32 heavy (non-hydrogen) atoms. The highest BCUT2D eigenvalue weighted by atomic mass is 32.2. The Labute approximate surface area is 188 Å². The minimum absolute atomic E-state index is 0.0393. The van der Waals surface area contributed by atoms with E-state index >= 15 is 0 Å². The van der Waals surface area contributed by atoms with Crippen LogP contribution < -0.4 is 10.6 Å². The van der Waals surface area contributed by atoms with Gasteiger partial charge < -0.3 is 10.6 Å². The lowest BCUT2D eigenvalue weighted by Gasteiger charge is -2.33.